The van der Waals surface area contributed by atoms with Crippen molar-refractivity contribution in [2.24, 2.45) is 5.41 Å². The Labute approximate surface area is 349 Å². The summed E-state index contributed by atoms with van der Waals surface area (Å²) in [5, 5.41) is 2.93. The molecule has 4 nitrogen and oxygen atoms in total. The number of furan rings is 1. The first kappa shape index (κ1) is 35.0. The molecule has 0 atom stereocenters. The fraction of sp³-hybridized carbons (Fsp3) is 0.286. The van der Waals surface area contributed by atoms with Gasteiger partial charge < -0.3 is 14.4 Å². The van der Waals surface area contributed by atoms with Crippen molar-refractivity contribution in [3.63, 3.8) is 0 Å². The number of pyridine rings is 2. The number of hydrogen-bond donors (Lipinski definition) is 0. The molecule has 8 aromatic rings. The Balaban J connectivity index is 0.000000207. The van der Waals surface area contributed by atoms with Crippen LogP contribution in [0.4, 0.5) is 0 Å². The quantitative estimate of drug-likeness (QED) is 0.161. The number of aromatic nitrogens is 3. The van der Waals surface area contributed by atoms with Gasteiger partial charge in [-0.2, -0.15) is 0 Å². The van der Waals surface area contributed by atoms with Gasteiger partial charge in [0, 0.05) is 48.8 Å². The second-order valence-corrected chi connectivity index (χ2v) is 17.5. The van der Waals surface area contributed by atoms with E-state index < -0.39 is 12.7 Å². The summed E-state index contributed by atoms with van der Waals surface area (Å²) in [4.78, 5) is 13.9. The zero-order chi connectivity index (χ0) is 41.8. The molecule has 0 N–H and O–H groups in total. The average Bonchev–Trinajstić information content (AvgIpc) is 3.77. The number of benzene rings is 4. The van der Waals surface area contributed by atoms with E-state index in [1.165, 1.54) is 28.5 Å². The summed E-state index contributed by atoms with van der Waals surface area (Å²) in [6, 6.07) is 35.4. The zero-order valence-electron chi connectivity index (χ0n) is 36.9. The maximum atomic E-state index is 8.53. The van der Waals surface area contributed by atoms with Crippen LogP contribution in [0.2, 0.25) is 0 Å². The predicted octanol–water partition coefficient (Wildman–Crippen LogP) is 13.9. The first-order valence-electron chi connectivity index (χ1n) is 20.4. The molecule has 4 aromatic heterocycles. The molecular weight excluding hydrogens is 871 g/mol. The van der Waals surface area contributed by atoms with Crippen molar-refractivity contribution < 1.29 is 30.0 Å². The molecule has 0 saturated carbocycles. The maximum Gasteiger partial charge on any atom is 0.148 e. The molecule has 0 fully saturated rings. The summed E-state index contributed by atoms with van der Waals surface area (Å²) in [5.41, 5.74) is 11.1. The van der Waals surface area contributed by atoms with Gasteiger partial charge in [-0.25, -0.2) is 4.98 Å². The summed E-state index contributed by atoms with van der Waals surface area (Å²) in [5.74, 6) is -1.11. The van der Waals surface area contributed by atoms with Gasteiger partial charge in [-0.15, -0.1) is 64.9 Å². The molecule has 1 radical (unpaired) electrons. The molecule has 0 bridgehead atoms. The molecule has 55 heavy (non-hydrogen) atoms. The van der Waals surface area contributed by atoms with E-state index in [1.807, 2.05) is 24.4 Å². The molecule has 4 heterocycles. The minimum atomic E-state index is -2.35. The van der Waals surface area contributed by atoms with Gasteiger partial charge in [0.15, 0.2) is 0 Å². The topological polar surface area (TPSA) is 51.8 Å². The van der Waals surface area contributed by atoms with Crippen LogP contribution in [0.15, 0.2) is 102 Å². The molecule has 8 rings (SSSR count). The van der Waals surface area contributed by atoms with Crippen molar-refractivity contribution >= 4 is 43.5 Å². The van der Waals surface area contributed by atoms with Crippen molar-refractivity contribution in [2.45, 2.75) is 86.9 Å². The third kappa shape index (κ3) is 8.83. The Morgan fingerprint density at radius 1 is 0.836 bits per heavy atom. The SMILES string of the molecule is Cc1c[c-]c(-c2cc(-c3ccc(CC(C)(C)C)cc3)ccn2)cc1.[2H]C([2H])([2H])c1cnc(-c2[c-]ccc3c2oc2c3ccc3sc(C(C)(C)C)nc32)cc1C([2H])(C)C.[Ir]. The first-order valence-corrected chi connectivity index (χ1v) is 19.2. The summed E-state index contributed by atoms with van der Waals surface area (Å²) in [6.45, 7) is 16.3. The Kier molecular flexibility index (Phi) is 10.1. The van der Waals surface area contributed by atoms with Crippen molar-refractivity contribution in [1.82, 2.24) is 15.0 Å². The average molecular weight is 924 g/mol. The number of thiazole rings is 1. The fourth-order valence-electron chi connectivity index (χ4n) is 6.55. The van der Waals surface area contributed by atoms with E-state index >= 15 is 0 Å². The van der Waals surface area contributed by atoms with Crippen LogP contribution in [0.5, 0.6) is 0 Å². The number of hydrogen-bond acceptors (Lipinski definition) is 5. The van der Waals surface area contributed by atoms with Crippen LogP contribution in [0.1, 0.15) is 94.0 Å². The van der Waals surface area contributed by atoms with Gasteiger partial charge >= 0.3 is 0 Å². The number of nitrogens with zero attached hydrogens (tertiary/aromatic N) is 3. The molecule has 0 aliphatic heterocycles. The van der Waals surface area contributed by atoms with E-state index in [0.29, 0.717) is 27.8 Å². The van der Waals surface area contributed by atoms with Crippen molar-refractivity contribution in [2.75, 3.05) is 0 Å². The summed E-state index contributed by atoms with van der Waals surface area (Å²) < 4.78 is 39.6. The van der Waals surface area contributed by atoms with Gasteiger partial charge in [0.2, 0.25) is 0 Å². The largest absolute Gasteiger partial charge is 0.498 e. The van der Waals surface area contributed by atoms with Gasteiger partial charge in [-0.05, 0) is 75.9 Å². The molecule has 0 amide bonds. The second kappa shape index (κ2) is 15.9. The number of rotatable bonds is 5. The molecule has 4 aromatic carbocycles. The van der Waals surface area contributed by atoms with Crippen LogP contribution in [0.3, 0.4) is 0 Å². The van der Waals surface area contributed by atoms with Gasteiger partial charge in [0.05, 0.1) is 15.3 Å². The number of fused-ring (bicyclic) bond motifs is 5. The standard InChI is InChI=1S/C26H25N2OS.C23H24N.Ir/c1-14(2)19-12-20(27-13-15(19)3)18-9-7-8-16-17-10-11-21-22(24(17)29-23(16)18)28-25(30-21)26(4,5)6;1-17-5-9-20(10-6-17)22-15-21(13-14-24-22)19-11-7-18(8-12-19)16-23(2,3)4;/h7-8,10-14H,1-6H3;5-9,11-15H,16H2,1-4H3;/q2*-1;/i3D3,14D;;. The monoisotopic (exact) mass is 924 g/mol. The molecular formula is C49H49IrN3OS-2. The molecule has 0 spiro atoms. The van der Waals surface area contributed by atoms with E-state index in [0.717, 1.165) is 49.3 Å². The fourth-order valence-corrected chi connectivity index (χ4v) is 7.58. The van der Waals surface area contributed by atoms with Gasteiger partial charge in [-0.1, -0.05) is 116 Å². The van der Waals surface area contributed by atoms with Crippen molar-refractivity contribution in [3.8, 4) is 33.6 Å². The van der Waals surface area contributed by atoms with E-state index in [1.54, 1.807) is 31.3 Å². The Morgan fingerprint density at radius 2 is 1.60 bits per heavy atom. The van der Waals surface area contributed by atoms with E-state index in [2.05, 4.69) is 131 Å². The van der Waals surface area contributed by atoms with Crippen LogP contribution in [0, 0.1) is 31.3 Å². The van der Waals surface area contributed by atoms with E-state index in [-0.39, 0.29) is 31.1 Å². The first-order chi connectivity index (χ1) is 27.2. The summed E-state index contributed by atoms with van der Waals surface area (Å²) in [7, 11) is 0. The Bertz CT molecular complexity index is 2750. The second-order valence-electron chi connectivity index (χ2n) is 16.5. The maximum absolute atomic E-state index is 8.53. The van der Waals surface area contributed by atoms with E-state index in [4.69, 9.17) is 14.9 Å². The summed E-state index contributed by atoms with van der Waals surface area (Å²) in [6.07, 6.45) is 4.33. The molecule has 0 unspecified atom stereocenters. The summed E-state index contributed by atoms with van der Waals surface area (Å²) >= 11 is 1.67. The minimum absolute atomic E-state index is 0. The third-order valence-corrected chi connectivity index (χ3v) is 10.8. The van der Waals surface area contributed by atoms with Crippen LogP contribution < -0.4 is 0 Å². The van der Waals surface area contributed by atoms with Gasteiger partial charge in [0.1, 0.15) is 11.1 Å². The van der Waals surface area contributed by atoms with Crippen LogP contribution >= 0.6 is 11.3 Å². The molecule has 0 aliphatic rings. The molecule has 0 saturated heterocycles. The normalized spacial score (nSPS) is 13.4. The Morgan fingerprint density at radius 3 is 2.27 bits per heavy atom. The zero-order valence-corrected chi connectivity index (χ0v) is 36.1. The van der Waals surface area contributed by atoms with Crippen LogP contribution in [-0.2, 0) is 31.9 Å². The minimum Gasteiger partial charge on any atom is -0.498 e. The molecule has 283 valence electrons. The Hall–Kier alpha value is -4.48. The van der Waals surface area contributed by atoms with E-state index in [9.17, 15) is 0 Å². The third-order valence-electron chi connectivity index (χ3n) is 9.32. The van der Waals surface area contributed by atoms with Crippen LogP contribution in [-0.4, -0.2) is 15.0 Å². The van der Waals surface area contributed by atoms with Crippen molar-refractivity contribution in [1.29, 1.82) is 0 Å². The van der Waals surface area contributed by atoms with Crippen LogP contribution in [0.25, 0.3) is 65.8 Å². The predicted molar refractivity (Wildman–Crippen MR) is 228 cm³/mol. The molecule has 0 aliphatic carbocycles. The van der Waals surface area contributed by atoms with Crippen molar-refractivity contribution in [3.05, 3.63) is 137 Å². The molecule has 6 heteroatoms. The smallest absolute Gasteiger partial charge is 0.148 e. The van der Waals surface area contributed by atoms with Gasteiger partial charge in [-0.3, -0.25) is 0 Å². The number of aryl methyl sites for hydroxylation is 2. The van der Waals surface area contributed by atoms with Gasteiger partial charge in [0.25, 0.3) is 0 Å².